The largest absolute Gasteiger partial charge is 0.290 e. The molecule has 1 aromatic carbocycles. The normalized spacial score (nSPS) is 15.3. The molecule has 0 heterocycles. The summed E-state index contributed by atoms with van der Waals surface area (Å²) in [7, 11) is -2.22. The quantitative estimate of drug-likeness (QED) is 0.784. The minimum Gasteiger partial charge on any atom is -0.290 e. The molecule has 0 saturated carbocycles. The molecule has 82 valence electrons. The molecule has 2 rings (SSSR count). The number of nitrogens with one attached hydrogen (secondary N) is 1. The highest BCUT2D eigenvalue weighted by molar-refractivity contribution is 7.89. The Labute approximate surface area is 89.3 Å². The summed E-state index contributed by atoms with van der Waals surface area (Å²) < 4.78 is 23.2. The second-order valence-electron chi connectivity index (χ2n) is 3.57. The predicted molar refractivity (Wildman–Crippen MR) is 55.8 cm³/mol. The second kappa shape index (κ2) is 3.92. The Morgan fingerprint density at radius 3 is 2.73 bits per heavy atom. The van der Waals surface area contributed by atoms with Crippen molar-refractivity contribution in [1.82, 2.24) is 4.89 Å². The molecule has 0 aliphatic heterocycles. The average Bonchev–Trinajstić information content (AvgIpc) is 2.63. The molecule has 1 aliphatic carbocycles. The summed E-state index contributed by atoms with van der Waals surface area (Å²) in [4.78, 5) is 6.71. The zero-order chi connectivity index (χ0) is 10.9. The van der Waals surface area contributed by atoms with Gasteiger partial charge in [-0.1, -0.05) is 11.0 Å². The van der Waals surface area contributed by atoms with Gasteiger partial charge in [-0.25, -0.2) is 8.42 Å². The van der Waals surface area contributed by atoms with Crippen LogP contribution in [0.4, 0.5) is 0 Å². The first-order valence-electron chi connectivity index (χ1n) is 4.80. The Morgan fingerprint density at radius 2 is 2.00 bits per heavy atom. The number of hydrogen-bond acceptors (Lipinski definition) is 3. The monoisotopic (exact) mass is 227 g/mol. The van der Waals surface area contributed by atoms with Crippen molar-refractivity contribution in [3.8, 4) is 0 Å². The van der Waals surface area contributed by atoms with Crippen molar-refractivity contribution in [3.63, 3.8) is 0 Å². The van der Waals surface area contributed by atoms with Gasteiger partial charge in [-0.3, -0.25) is 4.84 Å². The van der Waals surface area contributed by atoms with Gasteiger partial charge in [-0.05, 0) is 42.5 Å². The summed E-state index contributed by atoms with van der Waals surface area (Å²) in [6, 6.07) is 5.22. The van der Waals surface area contributed by atoms with E-state index in [-0.39, 0.29) is 4.90 Å². The van der Waals surface area contributed by atoms with Crippen LogP contribution in [-0.2, 0) is 27.7 Å². The van der Waals surface area contributed by atoms with Crippen LogP contribution >= 0.6 is 0 Å². The fraction of sp³-hybridized carbons (Fsp3) is 0.400. The van der Waals surface area contributed by atoms with Crippen molar-refractivity contribution < 1.29 is 13.3 Å². The fourth-order valence-electron chi connectivity index (χ4n) is 1.87. The Hall–Kier alpha value is -0.910. The summed E-state index contributed by atoms with van der Waals surface area (Å²) >= 11 is 0. The molecule has 0 fully saturated rings. The van der Waals surface area contributed by atoms with E-state index in [2.05, 4.69) is 4.84 Å². The molecule has 5 heteroatoms. The molecule has 0 bridgehead atoms. The number of fused-ring (bicyclic) bond motifs is 1. The van der Waals surface area contributed by atoms with Gasteiger partial charge in [-0.15, -0.1) is 0 Å². The van der Waals surface area contributed by atoms with E-state index in [1.807, 2.05) is 11.0 Å². The van der Waals surface area contributed by atoms with E-state index >= 15 is 0 Å². The molecule has 15 heavy (non-hydrogen) atoms. The highest BCUT2D eigenvalue weighted by atomic mass is 32.2. The molecule has 1 aromatic rings. The van der Waals surface area contributed by atoms with Crippen LogP contribution in [0, 0.1) is 0 Å². The third-order valence-electron chi connectivity index (χ3n) is 2.57. The molecule has 1 N–H and O–H groups in total. The molecule has 0 saturated heterocycles. The maximum absolute atomic E-state index is 11.6. The van der Waals surface area contributed by atoms with Gasteiger partial charge in [-0.2, -0.15) is 0 Å². The van der Waals surface area contributed by atoms with Gasteiger partial charge in [0.2, 0.25) is 0 Å². The topological polar surface area (TPSA) is 55.4 Å². The molecule has 1 aliphatic rings. The van der Waals surface area contributed by atoms with Crippen LogP contribution in [0.5, 0.6) is 0 Å². The van der Waals surface area contributed by atoms with Crippen LogP contribution in [-0.4, -0.2) is 15.5 Å². The van der Waals surface area contributed by atoms with Crippen LogP contribution < -0.4 is 4.89 Å². The predicted octanol–water partition coefficient (Wildman–Crippen LogP) is 1.01. The van der Waals surface area contributed by atoms with Gasteiger partial charge in [0.25, 0.3) is 10.0 Å². The minimum absolute atomic E-state index is 0.269. The van der Waals surface area contributed by atoms with E-state index in [1.165, 1.54) is 12.7 Å². The van der Waals surface area contributed by atoms with Crippen molar-refractivity contribution in [1.29, 1.82) is 0 Å². The molecule has 0 radical (unpaired) electrons. The van der Waals surface area contributed by atoms with Gasteiger partial charge in [0.1, 0.15) is 0 Å². The van der Waals surface area contributed by atoms with Crippen LogP contribution in [0.3, 0.4) is 0 Å². The Bertz CT molecular complexity index is 468. The molecular weight excluding hydrogens is 214 g/mol. The van der Waals surface area contributed by atoms with E-state index < -0.39 is 10.0 Å². The van der Waals surface area contributed by atoms with E-state index in [4.69, 9.17) is 0 Å². The lowest BCUT2D eigenvalue weighted by molar-refractivity contribution is 0.153. The van der Waals surface area contributed by atoms with Gasteiger partial charge in [0, 0.05) is 0 Å². The first-order valence-corrected chi connectivity index (χ1v) is 6.28. The Morgan fingerprint density at radius 1 is 1.27 bits per heavy atom. The molecule has 0 aromatic heterocycles. The number of sulfonamides is 1. The Kier molecular flexibility index (Phi) is 2.77. The number of rotatable bonds is 3. The van der Waals surface area contributed by atoms with Crippen LogP contribution in [0.15, 0.2) is 23.1 Å². The van der Waals surface area contributed by atoms with Gasteiger partial charge in [0.05, 0.1) is 12.0 Å². The maximum Gasteiger partial charge on any atom is 0.262 e. The third-order valence-corrected chi connectivity index (χ3v) is 3.83. The van der Waals surface area contributed by atoms with Gasteiger partial charge in [0.15, 0.2) is 0 Å². The summed E-state index contributed by atoms with van der Waals surface area (Å²) in [6.45, 7) is 0. The zero-order valence-corrected chi connectivity index (χ0v) is 9.30. The number of aryl methyl sites for hydroxylation is 2. The zero-order valence-electron chi connectivity index (χ0n) is 8.49. The maximum atomic E-state index is 11.6. The van der Waals surface area contributed by atoms with Crippen molar-refractivity contribution >= 4 is 10.0 Å². The first kappa shape index (κ1) is 10.6. The summed E-state index contributed by atoms with van der Waals surface area (Å²) in [5.74, 6) is 0. The molecule has 4 nitrogen and oxygen atoms in total. The molecule has 0 spiro atoms. The second-order valence-corrected chi connectivity index (χ2v) is 5.22. The van der Waals surface area contributed by atoms with E-state index in [9.17, 15) is 8.42 Å². The van der Waals surface area contributed by atoms with Crippen molar-refractivity contribution in [2.45, 2.75) is 24.2 Å². The van der Waals surface area contributed by atoms with Crippen LogP contribution in [0.2, 0.25) is 0 Å². The molecular formula is C10H13NO3S. The van der Waals surface area contributed by atoms with Crippen LogP contribution in [0.25, 0.3) is 0 Å². The smallest absolute Gasteiger partial charge is 0.262 e. The van der Waals surface area contributed by atoms with Crippen LogP contribution in [0.1, 0.15) is 17.5 Å². The lowest BCUT2D eigenvalue weighted by Crippen LogP contribution is -2.22. The van der Waals surface area contributed by atoms with E-state index in [0.29, 0.717) is 0 Å². The Balaban J connectivity index is 2.38. The van der Waals surface area contributed by atoms with E-state index in [0.717, 1.165) is 24.8 Å². The summed E-state index contributed by atoms with van der Waals surface area (Å²) in [6.07, 6.45) is 3.12. The summed E-state index contributed by atoms with van der Waals surface area (Å²) in [5.41, 5.74) is 2.39. The molecule has 0 atom stereocenters. The average molecular weight is 227 g/mol. The van der Waals surface area contributed by atoms with Gasteiger partial charge < -0.3 is 0 Å². The highest BCUT2D eigenvalue weighted by Gasteiger charge is 2.17. The third kappa shape index (κ3) is 2.04. The summed E-state index contributed by atoms with van der Waals surface area (Å²) in [5, 5.41) is 0. The number of hydrogen-bond donors (Lipinski definition) is 1. The van der Waals surface area contributed by atoms with Crippen molar-refractivity contribution in [2.75, 3.05) is 7.11 Å². The van der Waals surface area contributed by atoms with Crippen molar-refractivity contribution in [2.24, 2.45) is 0 Å². The lowest BCUT2D eigenvalue weighted by Gasteiger charge is -2.06. The SMILES string of the molecule is CONS(=O)(=O)c1ccc2c(c1)CCC2. The standard InChI is InChI=1S/C10H13NO3S/c1-14-11-15(12,13)10-6-5-8-3-2-4-9(8)7-10/h5-7,11H,2-4H2,1H3. The fourth-order valence-corrected chi connectivity index (χ4v) is 2.73. The molecule has 0 unspecified atom stereocenters. The highest BCUT2D eigenvalue weighted by Crippen LogP contribution is 2.24. The molecule has 0 amide bonds. The van der Waals surface area contributed by atoms with Crippen molar-refractivity contribution in [3.05, 3.63) is 29.3 Å². The first-order chi connectivity index (χ1) is 7.13. The van der Waals surface area contributed by atoms with Gasteiger partial charge >= 0.3 is 0 Å². The number of benzene rings is 1. The van der Waals surface area contributed by atoms with E-state index in [1.54, 1.807) is 12.1 Å². The lowest BCUT2D eigenvalue weighted by atomic mass is 10.1. The minimum atomic E-state index is -3.50.